The maximum atomic E-state index is 11.5. The van der Waals surface area contributed by atoms with Crippen molar-refractivity contribution >= 4 is 51.1 Å². The van der Waals surface area contributed by atoms with Crippen molar-refractivity contribution in [3.63, 3.8) is 0 Å². The Balaban J connectivity index is 0.00000338. The second kappa shape index (κ2) is 10.8. The summed E-state index contributed by atoms with van der Waals surface area (Å²) >= 11 is 1.65. The maximum Gasteiger partial charge on any atom is 0.191 e. The molecule has 2 aromatic rings. The average molecular weight is 508 g/mol. The van der Waals surface area contributed by atoms with Crippen LogP contribution in [0.25, 0.3) is 0 Å². The van der Waals surface area contributed by atoms with Crippen LogP contribution >= 0.6 is 35.3 Å². The summed E-state index contributed by atoms with van der Waals surface area (Å²) in [5.74, 6) is 0.753. The van der Waals surface area contributed by atoms with Gasteiger partial charge in [0.15, 0.2) is 15.8 Å². The predicted molar refractivity (Wildman–Crippen MR) is 118 cm³/mol. The van der Waals surface area contributed by atoms with Crippen LogP contribution in [0.2, 0.25) is 0 Å². The van der Waals surface area contributed by atoms with Crippen LogP contribution < -0.4 is 10.6 Å². The van der Waals surface area contributed by atoms with E-state index >= 15 is 0 Å². The van der Waals surface area contributed by atoms with Crippen molar-refractivity contribution in [1.29, 1.82) is 0 Å². The Morgan fingerprint density at radius 1 is 1.23 bits per heavy atom. The molecule has 0 bridgehead atoms. The summed E-state index contributed by atoms with van der Waals surface area (Å²) in [5.41, 5.74) is 1.08. The van der Waals surface area contributed by atoms with E-state index in [9.17, 15) is 8.42 Å². The van der Waals surface area contributed by atoms with Crippen molar-refractivity contribution in [2.75, 3.05) is 19.3 Å². The number of aliphatic imine (C=N–C) groups is 1. The quantitative estimate of drug-likeness (QED) is 0.342. The van der Waals surface area contributed by atoms with Gasteiger partial charge in [-0.25, -0.2) is 18.4 Å². The van der Waals surface area contributed by atoms with Crippen LogP contribution in [0.5, 0.6) is 0 Å². The first-order valence-corrected chi connectivity index (χ1v) is 10.8. The van der Waals surface area contributed by atoms with Gasteiger partial charge >= 0.3 is 0 Å². The van der Waals surface area contributed by atoms with Crippen LogP contribution in [0, 0.1) is 6.92 Å². The third-order valence-electron chi connectivity index (χ3n) is 3.44. The first-order chi connectivity index (χ1) is 11.9. The van der Waals surface area contributed by atoms with E-state index in [1.54, 1.807) is 23.5 Å². The number of hydrogen-bond donors (Lipinski definition) is 2. The fraction of sp³-hybridized carbons (Fsp3) is 0.412. The van der Waals surface area contributed by atoms with Crippen LogP contribution in [0.1, 0.15) is 22.4 Å². The molecule has 0 aliphatic carbocycles. The topological polar surface area (TPSA) is 83.4 Å². The zero-order chi connectivity index (χ0) is 18.3. The minimum absolute atomic E-state index is 0. The molecule has 26 heavy (non-hydrogen) atoms. The number of guanidine groups is 1. The van der Waals surface area contributed by atoms with Gasteiger partial charge in [-0.2, -0.15) is 0 Å². The van der Waals surface area contributed by atoms with Crippen LogP contribution in [-0.2, 0) is 22.8 Å². The molecule has 0 saturated carbocycles. The Hall–Kier alpha value is -1.20. The van der Waals surface area contributed by atoms with E-state index in [0.29, 0.717) is 18.0 Å². The van der Waals surface area contributed by atoms with Crippen LogP contribution in [0.4, 0.5) is 0 Å². The standard InChI is InChI=1S/C17H24N4O2S2.HI/c1-4-18-17(21-12-16-20-11-13(2)24-16)19-10-9-14-5-7-15(8-6-14)25(3,22)23;/h5-8,11H,4,9-10,12H2,1-3H3,(H2,18,19,21);1H. The summed E-state index contributed by atoms with van der Waals surface area (Å²) in [6.45, 7) is 6.10. The van der Waals surface area contributed by atoms with Gasteiger partial charge in [-0.1, -0.05) is 12.1 Å². The molecule has 6 nitrogen and oxygen atoms in total. The highest BCUT2D eigenvalue weighted by molar-refractivity contribution is 14.0. The highest BCUT2D eigenvalue weighted by Gasteiger charge is 2.06. The number of aromatic nitrogens is 1. The third-order valence-corrected chi connectivity index (χ3v) is 5.47. The van der Waals surface area contributed by atoms with Crippen LogP contribution in [0.15, 0.2) is 40.4 Å². The summed E-state index contributed by atoms with van der Waals surface area (Å²) in [4.78, 5) is 10.4. The van der Waals surface area contributed by atoms with E-state index in [-0.39, 0.29) is 24.0 Å². The van der Waals surface area contributed by atoms with Gasteiger partial charge in [-0.3, -0.25) is 0 Å². The van der Waals surface area contributed by atoms with Crippen molar-refractivity contribution in [1.82, 2.24) is 15.6 Å². The summed E-state index contributed by atoms with van der Waals surface area (Å²) in [6, 6.07) is 6.99. The summed E-state index contributed by atoms with van der Waals surface area (Å²) in [5, 5.41) is 7.49. The van der Waals surface area contributed by atoms with E-state index in [2.05, 4.69) is 20.6 Å². The van der Waals surface area contributed by atoms with Gasteiger partial charge in [-0.05, 0) is 38.0 Å². The van der Waals surface area contributed by atoms with Crippen LogP contribution in [0.3, 0.4) is 0 Å². The number of nitrogens with one attached hydrogen (secondary N) is 2. The smallest absolute Gasteiger partial charge is 0.191 e. The molecule has 2 rings (SSSR count). The highest BCUT2D eigenvalue weighted by Crippen LogP contribution is 2.12. The average Bonchev–Trinajstić information content (AvgIpc) is 2.98. The van der Waals surface area contributed by atoms with Gasteiger partial charge in [0.05, 0.1) is 11.4 Å². The normalized spacial score (nSPS) is 11.7. The van der Waals surface area contributed by atoms with Gasteiger partial charge < -0.3 is 10.6 Å². The Kier molecular flexibility index (Phi) is 9.51. The molecule has 1 aromatic carbocycles. The molecular weight excluding hydrogens is 483 g/mol. The number of rotatable bonds is 7. The molecule has 0 spiro atoms. The molecule has 2 N–H and O–H groups in total. The van der Waals surface area contributed by atoms with E-state index in [1.165, 1.54) is 11.1 Å². The molecule has 0 radical (unpaired) electrons. The van der Waals surface area contributed by atoms with E-state index in [0.717, 1.165) is 29.5 Å². The second-order valence-corrected chi connectivity index (χ2v) is 8.99. The summed E-state index contributed by atoms with van der Waals surface area (Å²) in [7, 11) is -3.14. The number of nitrogens with zero attached hydrogens (tertiary/aromatic N) is 2. The van der Waals surface area contributed by atoms with Crippen LogP contribution in [-0.4, -0.2) is 38.7 Å². The molecule has 0 saturated heterocycles. The Labute approximate surface area is 176 Å². The van der Waals surface area contributed by atoms with Gasteiger partial charge in [0.25, 0.3) is 0 Å². The first-order valence-electron chi connectivity index (χ1n) is 8.11. The monoisotopic (exact) mass is 508 g/mol. The molecule has 1 heterocycles. The lowest BCUT2D eigenvalue weighted by atomic mass is 10.1. The fourth-order valence-corrected chi connectivity index (χ4v) is 3.53. The van der Waals surface area contributed by atoms with Crippen molar-refractivity contribution in [3.8, 4) is 0 Å². The second-order valence-electron chi connectivity index (χ2n) is 5.65. The van der Waals surface area contributed by atoms with E-state index in [4.69, 9.17) is 0 Å². The highest BCUT2D eigenvalue weighted by atomic mass is 127. The number of aryl methyl sites for hydroxylation is 1. The molecule has 0 aliphatic heterocycles. The summed E-state index contributed by atoms with van der Waals surface area (Å²) < 4.78 is 22.9. The molecule has 1 aromatic heterocycles. The van der Waals surface area contributed by atoms with E-state index in [1.807, 2.05) is 32.2 Å². The van der Waals surface area contributed by atoms with Crippen molar-refractivity contribution in [2.45, 2.75) is 31.7 Å². The summed E-state index contributed by atoms with van der Waals surface area (Å²) in [6.07, 6.45) is 3.85. The number of hydrogen-bond acceptors (Lipinski definition) is 5. The molecule has 0 amide bonds. The molecule has 0 fully saturated rings. The maximum absolute atomic E-state index is 11.5. The Bertz CT molecular complexity index is 818. The fourth-order valence-electron chi connectivity index (χ4n) is 2.19. The number of halogens is 1. The lowest BCUT2D eigenvalue weighted by molar-refractivity contribution is 0.602. The SMILES string of the molecule is CCNC(=NCc1ncc(C)s1)NCCc1ccc(S(C)(=O)=O)cc1.I. The molecule has 9 heteroatoms. The van der Waals surface area contributed by atoms with Crippen molar-refractivity contribution in [3.05, 3.63) is 45.9 Å². The van der Waals surface area contributed by atoms with Gasteiger partial charge in [0.1, 0.15) is 5.01 Å². The minimum Gasteiger partial charge on any atom is -0.357 e. The largest absolute Gasteiger partial charge is 0.357 e. The number of benzene rings is 1. The third kappa shape index (κ3) is 7.58. The minimum atomic E-state index is -3.14. The lowest BCUT2D eigenvalue weighted by Gasteiger charge is -2.11. The molecule has 0 aliphatic rings. The molecule has 0 atom stereocenters. The van der Waals surface area contributed by atoms with E-state index < -0.39 is 9.84 Å². The van der Waals surface area contributed by atoms with Crippen molar-refractivity contribution in [2.24, 2.45) is 4.99 Å². The van der Waals surface area contributed by atoms with Gasteiger partial charge in [-0.15, -0.1) is 35.3 Å². The van der Waals surface area contributed by atoms with Gasteiger partial charge in [0.2, 0.25) is 0 Å². The number of sulfone groups is 1. The lowest BCUT2D eigenvalue weighted by Crippen LogP contribution is -2.38. The predicted octanol–water partition coefficient (Wildman–Crippen LogP) is 2.77. The number of thiazole rings is 1. The molecule has 0 unspecified atom stereocenters. The Morgan fingerprint density at radius 3 is 2.46 bits per heavy atom. The Morgan fingerprint density at radius 2 is 1.92 bits per heavy atom. The van der Waals surface area contributed by atoms with Gasteiger partial charge in [0, 0.05) is 30.4 Å². The molecular formula is C17H25IN4O2S2. The van der Waals surface area contributed by atoms with Crippen molar-refractivity contribution < 1.29 is 8.42 Å². The molecule has 144 valence electrons. The first kappa shape index (κ1) is 22.8. The zero-order valence-electron chi connectivity index (χ0n) is 15.2. The zero-order valence-corrected chi connectivity index (χ0v) is 19.1.